The molecule has 0 saturated heterocycles. The zero-order chi connectivity index (χ0) is 19.7. The summed E-state index contributed by atoms with van der Waals surface area (Å²) >= 11 is 1.34. The van der Waals surface area contributed by atoms with Gasteiger partial charge in [0.2, 0.25) is 5.91 Å². The Balaban J connectivity index is 1.59. The second-order valence-electron chi connectivity index (χ2n) is 7.07. The molecule has 7 heteroatoms. The number of anilines is 3. The van der Waals surface area contributed by atoms with Crippen molar-refractivity contribution in [2.45, 2.75) is 39.0 Å². The fourth-order valence-electron chi connectivity index (χ4n) is 3.53. The number of fused-ring (bicyclic) bond motifs is 2. The first kappa shape index (κ1) is 18.4. The number of benzene rings is 1. The van der Waals surface area contributed by atoms with Crippen molar-refractivity contribution in [3.8, 4) is 0 Å². The number of nitrogens with one attached hydrogen (secondary N) is 2. The lowest BCUT2D eigenvalue weighted by Crippen LogP contribution is -2.12. The zero-order valence-electron chi connectivity index (χ0n) is 15.7. The van der Waals surface area contributed by atoms with Crippen molar-refractivity contribution >= 4 is 50.4 Å². The molecule has 4 N–H and O–H groups in total. The zero-order valence-corrected chi connectivity index (χ0v) is 16.5. The molecule has 28 heavy (non-hydrogen) atoms. The number of nitrogens with two attached hydrogens (primary N) is 1. The lowest BCUT2D eigenvalue weighted by molar-refractivity contribution is -0.114. The maximum atomic E-state index is 12.8. The van der Waals surface area contributed by atoms with E-state index in [4.69, 9.17) is 10.7 Å². The minimum Gasteiger partial charge on any atom is -0.397 e. The number of carbonyl (C=O) groups excluding carboxylic acids is 2. The summed E-state index contributed by atoms with van der Waals surface area (Å²) in [5.74, 6) is -0.385. The maximum absolute atomic E-state index is 12.8. The molecule has 2 aromatic heterocycles. The molecule has 1 aliphatic carbocycles. The average molecular weight is 395 g/mol. The summed E-state index contributed by atoms with van der Waals surface area (Å²) in [6, 6.07) is 9.09. The Kier molecular flexibility index (Phi) is 5.00. The van der Waals surface area contributed by atoms with Gasteiger partial charge in [-0.3, -0.25) is 9.59 Å². The highest BCUT2D eigenvalue weighted by atomic mass is 32.1. The quantitative estimate of drug-likeness (QED) is 0.575. The van der Waals surface area contributed by atoms with Crippen LogP contribution in [0, 0.1) is 0 Å². The van der Waals surface area contributed by atoms with Crippen molar-refractivity contribution in [3.63, 3.8) is 0 Å². The number of nitrogen functional groups attached to an aromatic ring is 1. The van der Waals surface area contributed by atoms with Crippen LogP contribution in [0.3, 0.4) is 0 Å². The molecule has 0 fully saturated rings. The van der Waals surface area contributed by atoms with Gasteiger partial charge in [0.15, 0.2) is 0 Å². The Bertz CT molecular complexity index is 1060. The van der Waals surface area contributed by atoms with Crippen LogP contribution in [-0.4, -0.2) is 16.8 Å². The predicted molar refractivity (Wildman–Crippen MR) is 114 cm³/mol. The summed E-state index contributed by atoms with van der Waals surface area (Å²) in [6.07, 6.45) is 5.58. The molecular formula is C21H22N4O2S. The first-order chi connectivity index (χ1) is 13.5. The summed E-state index contributed by atoms with van der Waals surface area (Å²) in [6.45, 7) is 1.45. The average Bonchev–Trinajstić information content (AvgIpc) is 2.83. The molecule has 0 unspecified atom stereocenters. The Labute approximate surface area is 167 Å². The number of thiophene rings is 1. The molecule has 3 aromatic rings. The number of rotatable bonds is 3. The van der Waals surface area contributed by atoms with Gasteiger partial charge in [0.1, 0.15) is 9.71 Å². The van der Waals surface area contributed by atoms with Crippen LogP contribution < -0.4 is 16.4 Å². The van der Waals surface area contributed by atoms with E-state index >= 15 is 0 Å². The van der Waals surface area contributed by atoms with E-state index in [1.54, 1.807) is 24.3 Å². The first-order valence-electron chi connectivity index (χ1n) is 9.41. The number of hydrogen-bond acceptors (Lipinski definition) is 5. The third-order valence-electron chi connectivity index (χ3n) is 4.92. The van der Waals surface area contributed by atoms with Crippen LogP contribution in [0.1, 0.15) is 47.1 Å². The highest BCUT2D eigenvalue weighted by Crippen LogP contribution is 2.35. The molecule has 1 aliphatic rings. The second kappa shape index (κ2) is 7.59. The topological polar surface area (TPSA) is 97.1 Å². The number of pyridine rings is 1. The summed E-state index contributed by atoms with van der Waals surface area (Å²) in [5, 5.41) is 6.44. The third-order valence-corrected chi connectivity index (χ3v) is 6.03. The van der Waals surface area contributed by atoms with E-state index in [-0.39, 0.29) is 11.8 Å². The highest BCUT2D eigenvalue weighted by molar-refractivity contribution is 7.21. The fourth-order valence-corrected chi connectivity index (χ4v) is 4.52. The predicted octanol–water partition coefficient (Wildman–Crippen LogP) is 4.36. The van der Waals surface area contributed by atoms with Crippen LogP contribution in [0.5, 0.6) is 0 Å². The summed E-state index contributed by atoms with van der Waals surface area (Å²) in [5.41, 5.74) is 10.5. The van der Waals surface area contributed by atoms with Gasteiger partial charge in [-0.1, -0.05) is 6.42 Å². The molecule has 2 amide bonds. The van der Waals surface area contributed by atoms with Gasteiger partial charge in [0.05, 0.1) is 5.69 Å². The summed E-state index contributed by atoms with van der Waals surface area (Å²) in [7, 11) is 0. The SMILES string of the molecule is CC(=O)Nc1ccc(NC(=O)c2sc3nc4c(cc3c2N)CCCCC4)cc1. The third kappa shape index (κ3) is 3.71. The van der Waals surface area contributed by atoms with Crippen LogP contribution in [-0.2, 0) is 17.6 Å². The van der Waals surface area contributed by atoms with Crippen LogP contribution in [0.4, 0.5) is 17.1 Å². The Morgan fingerprint density at radius 2 is 1.71 bits per heavy atom. The van der Waals surface area contributed by atoms with Crippen LogP contribution >= 0.6 is 11.3 Å². The molecule has 0 atom stereocenters. The molecule has 4 rings (SSSR count). The van der Waals surface area contributed by atoms with Crippen molar-refractivity contribution in [1.29, 1.82) is 0 Å². The Morgan fingerprint density at radius 3 is 2.43 bits per heavy atom. The molecule has 0 aliphatic heterocycles. The first-order valence-corrected chi connectivity index (χ1v) is 10.2. The standard InChI is InChI=1S/C21H22N4O2S/c1-12(26)23-14-7-9-15(10-8-14)24-20(27)19-18(22)16-11-13-5-3-2-4-6-17(13)25-21(16)28-19/h7-11H,2-6,22H2,1H3,(H,23,26)(H,24,27). The largest absolute Gasteiger partial charge is 0.397 e. The normalized spacial score (nSPS) is 13.6. The maximum Gasteiger partial charge on any atom is 0.267 e. The van der Waals surface area contributed by atoms with E-state index in [0.29, 0.717) is 21.9 Å². The minimum atomic E-state index is -0.247. The number of aromatic nitrogens is 1. The number of hydrogen-bond donors (Lipinski definition) is 3. The van der Waals surface area contributed by atoms with Gasteiger partial charge in [-0.15, -0.1) is 11.3 Å². The molecule has 0 spiro atoms. The van der Waals surface area contributed by atoms with Gasteiger partial charge < -0.3 is 16.4 Å². The van der Waals surface area contributed by atoms with Crippen molar-refractivity contribution in [2.24, 2.45) is 0 Å². The number of carbonyl (C=O) groups is 2. The lowest BCUT2D eigenvalue weighted by Gasteiger charge is -2.06. The monoisotopic (exact) mass is 394 g/mol. The van der Waals surface area contributed by atoms with E-state index in [1.807, 2.05) is 0 Å². The van der Waals surface area contributed by atoms with Gasteiger partial charge in [-0.05, 0) is 61.6 Å². The highest BCUT2D eigenvalue weighted by Gasteiger charge is 2.20. The van der Waals surface area contributed by atoms with E-state index < -0.39 is 0 Å². The van der Waals surface area contributed by atoms with Crippen LogP contribution in [0.2, 0.25) is 0 Å². The molecule has 0 bridgehead atoms. The van der Waals surface area contributed by atoms with Crippen molar-refractivity contribution in [2.75, 3.05) is 16.4 Å². The minimum absolute atomic E-state index is 0.138. The Hall–Kier alpha value is -2.93. The van der Waals surface area contributed by atoms with Crippen molar-refractivity contribution in [1.82, 2.24) is 4.98 Å². The van der Waals surface area contributed by atoms with Gasteiger partial charge in [-0.2, -0.15) is 0 Å². The number of aryl methyl sites for hydroxylation is 2. The molecule has 6 nitrogen and oxygen atoms in total. The van der Waals surface area contributed by atoms with E-state index in [2.05, 4.69) is 16.7 Å². The molecule has 144 valence electrons. The molecule has 0 saturated carbocycles. The van der Waals surface area contributed by atoms with Gasteiger partial charge in [0, 0.05) is 29.4 Å². The number of nitrogens with zero attached hydrogens (tertiary/aromatic N) is 1. The summed E-state index contributed by atoms with van der Waals surface area (Å²) < 4.78 is 0. The van der Waals surface area contributed by atoms with Gasteiger partial charge in [0.25, 0.3) is 5.91 Å². The van der Waals surface area contributed by atoms with Crippen LogP contribution in [0.25, 0.3) is 10.2 Å². The summed E-state index contributed by atoms with van der Waals surface area (Å²) in [4.78, 5) is 30.0. The molecule has 1 aromatic carbocycles. The molecule has 0 radical (unpaired) electrons. The van der Waals surface area contributed by atoms with Gasteiger partial charge >= 0.3 is 0 Å². The van der Waals surface area contributed by atoms with E-state index in [0.717, 1.165) is 35.2 Å². The van der Waals surface area contributed by atoms with E-state index in [1.165, 1.54) is 36.7 Å². The Morgan fingerprint density at radius 1 is 1.04 bits per heavy atom. The smallest absolute Gasteiger partial charge is 0.267 e. The fraction of sp³-hybridized carbons (Fsp3) is 0.286. The van der Waals surface area contributed by atoms with Crippen molar-refractivity contribution < 1.29 is 9.59 Å². The lowest BCUT2D eigenvalue weighted by atomic mass is 10.1. The van der Waals surface area contributed by atoms with Gasteiger partial charge in [-0.25, -0.2) is 4.98 Å². The van der Waals surface area contributed by atoms with Crippen molar-refractivity contribution in [3.05, 3.63) is 46.5 Å². The molecule has 2 heterocycles. The molecular weight excluding hydrogens is 372 g/mol. The van der Waals surface area contributed by atoms with E-state index in [9.17, 15) is 9.59 Å². The number of amides is 2. The van der Waals surface area contributed by atoms with Crippen LogP contribution in [0.15, 0.2) is 30.3 Å². The second-order valence-corrected chi connectivity index (χ2v) is 8.06.